The molecule has 5 heteroatoms. The highest BCUT2D eigenvalue weighted by Gasteiger charge is 2.58. The summed E-state index contributed by atoms with van der Waals surface area (Å²) in [6, 6.07) is 6.36. The van der Waals surface area contributed by atoms with E-state index in [1.807, 2.05) is 4.90 Å². The first kappa shape index (κ1) is 16.0. The molecular weight excluding hydrogens is 295 g/mol. The zero-order valence-electron chi connectivity index (χ0n) is 13.5. The largest absolute Gasteiger partial charge is 0.351 e. The Labute approximate surface area is 136 Å². The number of hydrogen-bond donors (Lipinski definition) is 1. The van der Waals surface area contributed by atoms with Gasteiger partial charge in [0.05, 0.1) is 0 Å². The van der Waals surface area contributed by atoms with Crippen molar-refractivity contribution < 1.29 is 14.0 Å². The maximum atomic E-state index is 13.6. The maximum Gasteiger partial charge on any atom is 0.238 e. The van der Waals surface area contributed by atoms with Gasteiger partial charge in [-0.1, -0.05) is 25.1 Å². The zero-order chi connectivity index (χ0) is 16.4. The van der Waals surface area contributed by atoms with E-state index in [9.17, 15) is 14.0 Å². The molecule has 1 saturated heterocycles. The second-order valence-corrected chi connectivity index (χ2v) is 6.83. The fourth-order valence-electron chi connectivity index (χ4n) is 3.16. The highest BCUT2D eigenvalue weighted by molar-refractivity contribution is 6.07. The molecule has 1 aromatic carbocycles. The molecule has 1 saturated carbocycles. The lowest BCUT2D eigenvalue weighted by Gasteiger charge is -2.32. The van der Waals surface area contributed by atoms with Crippen molar-refractivity contribution in [2.75, 3.05) is 13.1 Å². The smallest absolute Gasteiger partial charge is 0.238 e. The lowest BCUT2D eigenvalue weighted by atomic mass is 9.96. The summed E-state index contributed by atoms with van der Waals surface area (Å²) in [5.41, 5.74) is -0.456. The SMILES string of the molecule is CC1CCN(C(=O)C2(C(=O)NCc3ccccc3F)CC2)CC1. The van der Waals surface area contributed by atoms with Gasteiger partial charge in [-0.3, -0.25) is 9.59 Å². The normalized spacial score (nSPS) is 20.2. The van der Waals surface area contributed by atoms with Gasteiger partial charge in [-0.05, 0) is 37.7 Å². The van der Waals surface area contributed by atoms with Crippen molar-refractivity contribution in [3.05, 3.63) is 35.6 Å². The second-order valence-electron chi connectivity index (χ2n) is 6.83. The number of amides is 2. The number of nitrogens with zero attached hydrogens (tertiary/aromatic N) is 1. The number of hydrogen-bond acceptors (Lipinski definition) is 2. The predicted octanol–water partition coefficient (Wildman–Crippen LogP) is 2.48. The van der Waals surface area contributed by atoms with E-state index in [0.717, 1.165) is 25.9 Å². The minimum Gasteiger partial charge on any atom is -0.351 e. The predicted molar refractivity (Wildman–Crippen MR) is 84.9 cm³/mol. The molecule has 0 bridgehead atoms. The number of piperidine rings is 1. The molecule has 4 nitrogen and oxygen atoms in total. The van der Waals surface area contributed by atoms with Crippen LogP contribution in [0.2, 0.25) is 0 Å². The molecule has 2 aliphatic rings. The molecular formula is C18H23FN2O2. The molecule has 0 spiro atoms. The number of carbonyl (C=O) groups excluding carboxylic acids is 2. The number of nitrogens with one attached hydrogen (secondary N) is 1. The Kier molecular flexibility index (Phi) is 4.37. The fourth-order valence-corrected chi connectivity index (χ4v) is 3.16. The summed E-state index contributed by atoms with van der Waals surface area (Å²) >= 11 is 0. The van der Waals surface area contributed by atoms with E-state index in [1.165, 1.54) is 6.07 Å². The van der Waals surface area contributed by atoms with Crippen molar-refractivity contribution >= 4 is 11.8 Å². The molecule has 0 radical (unpaired) electrons. The van der Waals surface area contributed by atoms with Crippen molar-refractivity contribution in [3.63, 3.8) is 0 Å². The first-order valence-electron chi connectivity index (χ1n) is 8.34. The number of carbonyl (C=O) groups is 2. The topological polar surface area (TPSA) is 49.4 Å². The lowest BCUT2D eigenvalue weighted by molar-refractivity contribution is -0.145. The van der Waals surface area contributed by atoms with E-state index < -0.39 is 5.41 Å². The van der Waals surface area contributed by atoms with Gasteiger partial charge in [0, 0.05) is 25.2 Å². The molecule has 0 atom stereocenters. The van der Waals surface area contributed by atoms with Crippen molar-refractivity contribution in [2.45, 2.75) is 39.2 Å². The Morgan fingerprint density at radius 2 is 1.91 bits per heavy atom. The summed E-state index contributed by atoms with van der Waals surface area (Å²) in [5.74, 6) is -0.00196. The van der Waals surface area contributed by atoms with Crippen molar-refractivity contribution in [3.8, 4) is 0 Å². The Balaban J connectivity index is 1.60. The van der Waals surface area contributed by atoms with Gasteiger partial charge in [0.25, 0.3) is 0 Å². The third-order valence-corrected chi connectivity index (χ3v) is 5.06. The van der Waals surface area contributed by atoms with Gasteiger partial charge in [0.1, 0.15) is 11.2 Å². The summed E-state index contributed by atoms with van der Waals surface area (Å²) in [4.78, 5) is 27.0. The van der Waals surface area contributed by atoms with Crippen molar-refractivity contribution in [2.24, 2.45) is 11.3 Å². The van der Waals surface area contributed by atoms with Gasteiger partial charge in [0.15, 0.2) is 0 Å². The average molecular weight is 318 g/mol. The van der Waals surface area contributed by atoms with Crippen LogP contribution in [-0.4, -0.2) is 29.8 Å². The summed E-state index contributed by atoms with van der Waals surface area (Å²) in [7, 11) is 0. The average Bonchev–Trinajstić information content (AvgIpc) is 3.36. The molecule has 2 amide bonds. The molecule has 3 rings (SSSR count). The van der Waals surface area contributed by atoms with Crippen LogP contribution in [0.25, 0.3) is 0 Å². The highest BCUT2D eigenvalue weighted by Crippen LogP contribution is 2.48. The quantitative estimate of drug-likeness (QED) is 0.867. The van der Waals surface area contributed by atoms with Gasteiger partial charge in [-0.15, -0.1) is 0 Å². The van der Waals surface area contributed by atoms with E-state index in [-0.39, 0.29) is 24.2 Å². The first-order valence-corrected chi connectivity index (χ1v) is 8.34. The maximum absolute atomic E-state index is 13.6. The minimum atomic E-state index is -0.897. The van der Waals surface area contributed by atoms with Crippen LogP contribution in [0.15, 0.2) is 24.3 Å². The molecule has 1 aromatic rings. The number of halogens is 1. The number of likely N-dealkylation sites (tertiary alicyclic amines) is 1. The Hall–Kier alpha value is -1.91. The van der Waals surface area contributed by atoms with E-state index in [0.29, 0.717) is 24.3 Å². The third kappa shape index (κ3) is 3.23. The molecule has 0 aromatic heterocycles. The first-order chi connectivity index (χ1) is 11.0. The van der Waals surface area contributed by atoms with Crippen LogP contribution in [0.1, 0.15) is 38.2 Å². The molecule has 1 heterocycles. The van der Waals surface area contributed by atoms with E-state index in [4.69, 9.17) is 0 Å². The van der Waals surface area contributed by atoms with Gasteiger partial charge in [0.2, 0.25) is 11.8 Å². The molecule has 1 aliphatic heterocycles. The second kappa shape index (κ2) is 6.30. The number of benzene rings is 1. The monoisotopic (exact) mass is 318 g/mol. The van der Waals surface area contributed by atoms with Crippen LogP contribution in [0.3, 0.4) is 0 Å². The lowest BCUT2D eigenvalue weighted by Crippen LogP contribution is -2.47. The Morgan fingerprint density at radius 3 is 2.52 bits per heavy atom. The number of rotatable bonds is 4. The molecule has 1 N–H and O–H groups in total. The van der Waals surface area contributed by atoms with E-state index in [2.05, 4.69) is 12.2 Å². The van der Waals surface area contributed by atoms with E-state index in [1.54, 1.807) is 18.2 Å². The summed E-state index contributed by atoms with van der Waals surface area (Å²) < 4.78 is 13.6. The minimum absolute atomic E-state index is 0.0459. The van der Waals surface area contributed by atoms with Crippen LogP contribution < -0.4 is 5.32 Å². The summed E-state index contributed by atoms with van der Waals surface area (Å²) in [5, 5.41) is 2.74. The van der Waals surface area contributed by atoms with Gasteiger partial charge >= 0.3 is 0 Å². The van der Waals surface area contributed by atoms with Crippen LogP contribution in [0.4, 0.5) is 4.39 Å². The molecule has 23 heavy (non-hydrogen) atoms. The molecule has 2 fully saturated rings. The third-order valence-electron chi connectivity index (χ3n) is 5.06. The van der Waals surface area contributed by atoms with Crippen molar-refractivity contribution in [1.82, 2.24) is 10.2 Å². The van der Waals surface area contributed by atoms with Gasteiger partial charge < -0.3 is 10.2 Å². The molecule has 0 unspecified atom stereocenters. The van der Waals surface area contributed by atoms with E-state index >= 15 is 0 Å². The molecule has 124 valence electrons. The van der Waals surface area contributed by atoms with Gasteiger partial charge in [-0.25, -0.2) is 4.39 Å². The van der Waals surface area contributed by atoms with Crippen LogP contribution in [-0.2, 0) is 16.1 Å². The van der Waals surface area contributed by atoms with Crippen LogP contribution in [0.5, 0.6) is 0 Å². The van der Waals surface area contributed by atoms with Crippen LogP contribution >= 0.6 is 0 Å². The van der Waals surface area contributed by atoms with Crippen molar-refractivity contribution in [1.29, 1.82) is 0 Å². The van der Waals surface area contributed by atoms with Crippen LogP contribution in [0, 0.1) is 17.2 Å². The Bertz CT molecular complexity index is 605. The summed E-state index contributed by atoms with van der Waals surface area (Å²) in [6.45, 7) is 3.79. The zero-order valence-corrected chi connectivity index (χ0v) is 13.5. The highest BCUT2D eigenvalue weighted by atomic mass is 19.1. The standard InChI is InChI=1S/C18H23FN2O2/c1-13-6-10-21(11-7-13)17(23)18(8-9-18)16(22)20-12-14-4-2-3-5-15(14)19/h2-5,13H,6-12H2,1H3,(H,20,22). The fraction of sp³-hybridized carbons (Fsp3) is 0.556. The Morgan fingerprint density at radius 1 is 1.26 bits per heavy atom. The summed E-state index contributed by atoms with van der Waals surface area (Å²) in [6.07, 6.45) is 3.19. The van der Waals surface area contributed by atoms with Gasteiger partial charge in [-0.2, -0.15) is 0 Å². The molecule has 1 aliphatic carbocycles.